The Morgan fingerprint density at radius 1 is 1.45 bits per heavy atom. The molecule has 0 aromatic carbocycles. The monoisotopic (exact) mass is 334 g/mol. The second-order valence-electron chi connectivity index (χ2n) is 5.50. The molecule has 1 aromatic rings. The second-order valence-corrected chi connectivity index (χ2v) is 7.17. The highest BCUT2D eigenvalue weighted by molar-refractivity contribution is 8.26. The minimum atomic E-state index is 0.0359. The number of carbonyl (C=O) groups is 1. The minimum absolute atomic E-state index is 0.0359. The van der Waals surface area contributed by atoms with Crippen molar-refractivity contribution in [1.29, 1.82) is 0 Å². The molecule has 1 amide bonds. The summed E-state index contributed by atoms with van der Waals surface area (Å²) in [5, 5.41) is 0. The predicted molar refractivity (Wildman–Crippen MR) is 97.4 cm³/mol. The van der Waals surface area contributed by atoms with E-state index in [2.05, 4.69) is 18.8 Å². The van der Waals surface area contributed by atoms with Crippen molar-refractivity contribution in [1.82, 2.24) is 9.88 Å². The summed E-state index contributed by atoms with van der Waals surface area (Å²) in [5.41, 5.74) is 0.932. The van der Waals surface area contributed by atoms with Crippen molar-refractivity contribution in [2.24, 2.45) is 5.92 Å². The van der Waals surface area contributed by atoms with E-state index in [1.807, 2.05) is 18.2 Å². The molecule has 3 nitrogen and oxygen atoms in total. The molecule has 1 aliphatic heterocycles. The zero-order valence-electron chi connectivity index (χ0n) is 13.1. The lowest BCUT2D eigenvalue weighted by Gasteiger charge is -2.21. The van der Waals surface area contributed by atoms with Crippen LogP contribution in [-0.4, -0.2) is 26.7 Å². The van der Waals surface area contributed by atoms with Crippen LogP contribution in [0, 0.1) is 5.92 Å². The maximum Gasteiger partial charge on any atom is 0.266 e. The van der Waals surface area contributed by atoms with E-state index < -0.39 is 0 Å². The van der Waals surface area contributed by atoms with Gasteiger partial charge in [0.15, 0.2) is 0 Å². The zero-order valence-corrected chi connectivity index (χ0v) is 14.8. The number of nitrogens with zero attached hydrogens (tertiary/aromatic N) is 2. The molecule has 5 heteroatoms. The lowest BCUT2D eigenvalue weighted by atomic mass is 9.99. The van der Waals surface area contributed by atoms with Gasteiger partial charge < -0.3 is 0 Å². The van der Waals surface area contributed by atoms with Gasteiger partial charge in [-0.15, -0.1) is 0 Å². The van der Waals surface area contributed by atoms with Gasteiger partial charge >= 0.3 is 0 Å². The fourth-order valence-corrected chi connectivity index (χ4v) is 3.72. The molecular formula is C17H22N2OS2. The fourth-order valence-electron chi connectivity index (χ4n) is 2.45. The third-order valence-corrected chi connectivity index (χ3v) is 5.22. The maximum absolute atomic E-state index is 12.6. The number of amides is 1. The Balaban J connectivity index is 2.07. The Bertz CT molecular complexity index is 557. The molecule has 0 radical (unpaired) electrons. The molecule has 1 atom stereocenters. The van der Waals surface area contributed by atoms with E-state index in [-0.39, 0.29) is 5.91 Å². The maximum atomic E-state index is 12.6. The van der Waals surface area contributed by atoms with Gasteiger partial charge in [0.2, 0.25) is 0 Å². The Morgan fingerprint density at radius 2 is 2.27 bits per heavy atom. The Hall–Kier alpha value is -1.20. The van der Waals surface area contributed by atoms with Crippen molar-refractivity contribution in [2.75, 3.05) is 6.54 Å². The highest BCUT2D eigenvalue weighted by atomic mass is 32.2. The number of thiocarbonyl (C=S) groups is 1. The molecule has 1 aliphatic rings. The van der Waals surface area contributed by atoms with Crippen LogP contribution in [0.2, 0.25) is 0 Å². The fraction of sp³-hybridized carbons (Fsp3) is 0.471. The van der Waals surface area contributed by atoms with Crippen LogP contribution in [0.3, 0.4) is 0 Å². The number of thioether (sulfide) groups is 1. The summed E-state index contributed by atoms with van der Waals surface area (Å²) in [6.07, 6.45) is 9.99. The van der Waals surface area contributed by atoms with Gasteiger partial charge in [0.25, 0.3) is 5.91 Å². The molecule has 118 valence electrons. The third-order valence-electron chi connectivity index (χ3n) is 3.84. The lowest BCUT2D eigenvalue weighted by molar-refractivity contribution is -0.122. The number of hydrogen-bond acceptors (Lipinski definition) is 4. The minimum Gasteiger partial charge on any atom is -0.293 e. The number of rotatable bonds is 7. The number of carbonyl (C=O) groups excluding carboxylic acids is 1. The molecule has 2 rings (SSSR count). The van der Waals surface area contributed by atoms with Crippen LogP contribution in [0.1, 0.15) is 45.1 Å². The van der Waals surface area contributed by atoms with Gasteiger partial charge in [-0.1, -0.05) is 63.2 Å². The van der Waals surface area contributed by atoms with Crippen LogP contribution in [0.15, 0.2) is 29.4 Å². The van der Waals surface area contributed by atoms with Gasteiger partial charge in [-0.25, -0.2) is 0 Å². The highest BCUT2D eigenvalue weighted by Crippen LogP contribution is 2.33. The number of aromatic nitrogens is 1. The molecule has 2 heterocycles. The Labute approximate surface area is 142 Å². The van der Waals surface area contributed by atoms with Gasteiger partial charge in [-0.2, -0.15) is 0 Å². The SMILES string of the molecule is CCCCC(CC)CN1C(=O)C(=Cc2cccnc2)SC1=S. The van der Waals surface area contributed by atoms with Crippen molar-refractivity contribution < 1.29 is 4.79 Å². The van der Waals surface area contributed by atoms with E-state index in [1.54, 1.807) is 17.3 Å². The van der Waals surface area contributed by atoms with Gasteiger partial charge in [-0.3, -0.25) is 14.7 Å². The molecule has 0 N–H and O–H groups in total. The summed E-state index contributed by atoms with van der Waals surface area (Å²) in [6, 6.07) is 3.81. The van der Waals surface area contributed by atoms with Gasteiger partial charge in [0.05, 0.1) is 4.91 Å². The van der Waals surface area contributed by atoms with E-state index in [1.165, 1.54) is 24.6 Å². The predicted octanol–water partition coefficient (Wildman–Crippen LogP) is 4.50. The smallest absolute Gasteiger partial charge is 0.266 e. The van der Waals surface area contributed by atoms with E-state index in [0.717, 1.165) is 24.9 Å². The van der Waals surface area contributed by atoms with Crippen molar-refractivity contribution in [3.63, 3.8) is 0 Å². The molecule has 1 saturated heterocycles. The first-order valence-electron chi connectivity index (χ1n) is 7.81. The molecule has 0 aliphatic carbocycles. The van der Waals surface area contributed by atoms with Crippen LogP contribution < -0.4 is 0 Å². The first kappa shape index (κ1) is 17.2. The van der Waals surface area contributed by atoms with Crippen molar-refractivity contribution in [3.05, 3.63) is 35.0 Å². The molecular weight excluding hydrogens is 312 g/mol. The Kier molecular flexibility index (Phi) is 6.58. The molecule has 0 spiro atoms. The molecule has 0 saturated carbocycles. The number of pyridine rings is 1. The van der Waals surface area contributed by atoms with Crippen LogP contribution in [0.4, 0.5) is 0 Å². The van der Waals surface area contributed by atoms with E-state index in [9.17, 15) is 4.79 Å². The van der Waals surface area contributed by atoms with Gasteiger partial charge in [-0.05, 0) is 30.0 Å². The molecule has 1 unspecified atom stereocenters. The Morgan fingerprint density at radius 3 is 2.91 bits per heavy atom. The topological polar surface area (TPSA) is 33.2 Å². The standard InChI is InChI=1S/C17H22N2OS2/c1-3-5-7-13(4-2)12-19-16(20)15(22-17(19)21)10-14-8-6-9-18-11-14/h6,8-11,13H,3-5,7,12H2,1-2H3. The summed E-state index contributed by atoms with van der Waals surface area (Å²) in [7, 11) is 0. The lowest BCUT2D eigenvalue weighted by Crippen LogP contribution is -2.33. The molecule has 22 heavy (non-hydrogen) atoms. The van der Waals surface area contributed by atoms with Crippen LogP contribution in [-0.2, 0) is 4.79 Å². The largest absolute Gasteiger partial charge is 0.293 e. The van der Waals surface area contributed by atoms with E-state index in [0.29, 0.717) is 15.1 Å². The number of unbranched alkanes of at least 4 members (excludes halogenated alkanes) is 1. The molecule has 1 aromatic heterocycles. The summed E-state index contributed by atoms with van der Waals surface area (Å²) >= 11 is 6.80. The zero-order chi connectivity index (χ0) is 15.9. The summed E-state index contributed by atoms with van der Waals surface area (Å²) < 4.78 is 0.676. The average Bonchev–Trinajstić information content (AvgIpc) is 2.79. The summed E-state index contributed by atoms with van der Waals surface area (Å²) in [5.74, 6) is 0.564. The normalized spacial score (nSPS) is 18.3. The molecule has 1 fully saturated rings. The second kappa shape index (κ2) is 8.44. The van der Waals surface area contributed by atoms with Crippen molar-refractivity contribution >= 4 is 40.3 Å². The first-order valence-corrected chi connectivity index (χ1v) is 9.03. The van der Waals surface area contributed by atoms with Crippen LogP contribution in [0.25, 0.3) is 6.08 Å². The quantitative estimate of drug-likeness (QED) is 0.543. The highest BCUT2D eigenvalue weighted by Gasteiger charge is 2.33. The average molecular weight is 335 g/mol. The van der Waals surface area contributed by atoms with Crippen molar-refractivity contribution in [2.45, 2.75) is 39.5 Å². The summed E-state index contributed by atoms with van der Waals surface area (Å²) in [4.78, 5) is 19.1. The van der Waals surface area contributed by atoms with Crippen LogP contribution in [0.5, 0.6) is 0 Å². The van der Waals surface area contributed by atoms with Gasteiger partial charge in [0.1, 0.15) is 4.32 Å². The number of hydrogen-bond donors (Lipinski definition) is 0. The van der Waals surface area contributed by atoms with E-state index in [4.69, 9.17) is 12.2 Å². The molecule has 0 bridgehead atoms. The summed E-state index contributed by atoms with van der Waals surface area (Å²) in [6.45, 7) is 5.12. The van der Waals surface area contributed by atoms with Gasteiger partial charge in [0, 0.05) is 18.9 Å². The van der Waals surface area contributed by atoms with Crippen molar-refractivity contribution in [3.8, 4) is 0 Å². The van der Waals surface area contributed by atoms with Crippen LogP contribution >= 0.6 is 24.0 Å². The third kappa shape index (κ3) is 4.40. The van der Waals surface area contributed by atoms with E-state index >= 15 is 0 Å². The first-order chi connectivity index (χ1) is 10.7.